The van der Waals surface area contributed by atoms with Crippen molar-refractivity contribution in [3.05, 3.63) is 84.0 Å². The van der Waals surface area contributed by atoms with Gasteiger partial charge < -0.3 is 19.7 Å². The van der Waals surface area contributed by atoms with E-state index in [0.29, 0.717) is 0 Å². The van der Waals surface area contributed by atoms with Gasteiger partial charge in [0.15, 0.2) is 23.8 Å². The lowest BCUT2D eigenvalue weighted by Gasteiger charge is -2.26. The van der Waals surface area contributed by atoms with Gasteiger partial charge in [-0.1, -0.05) is 51.3 Å². The molecule has 196 valence electrons. The first kappa shape index (κ1) is 29.4. The normalized spacial score (nSPS) is 12.7. The second-order valence-electron chi connectivity index (χ2n) is 9.36. The first-order chi connectivity index (χ1) is 17.2. The molecule has 0 heterocycles. The van der Waals surface area contributed by atoms with E-state index in [1.54, 1.807) is 48.5 Å². The Morgan fingerprint density at radius 2 is 1.00 bits per heavy atom. The van der Waals surface area contributed by atoms with E-state index in [4.69, 9.17) is 9.47 Å². The molecule has 8 nitrogen and oxygen atoms in total. The summed E-state index contributed by atoms with van der Waals surface area (Å²) >= 11 is 0. The van der Waals surface area contributed by atoms with Crippen LogP contribution in [0.5, 0.6) is 11.5 Å². The number of ether oxygens (including phenoxy) is 2. The standard InChI is InChI=1S/C29H32O8/c1-17(2)23(30)15-25(32)27(34)36-21-11-7-19(8-12-21)29(5,6)20-9-13-22(14-10-20)37-28(35)26(33)16-24(31)18(3)4/h7-14,25-26,32-33H,1,3,15-16H2,2,4-6H3. The van der Waals surface area contributed by atoms with Crippen LogP contribution in [0.3, 0.4) is 0 Å². The lowest BCUT2D eigenvalue weighted by Crippen LogP contribution is -2.28. The Hall–Kier alpha value is -3.88. The van der Waals surface area contributed by atoms with E-state index < -0.39 is 54.0 Å². The second-order valence-corrected chi connectivity index (χ2v) is 9.36. The summed E-state index contributed by atoms with van der Waals surface area (Å²) < 4.78 is 10.3. The van der Waals surface area contributed by atoms with Crippen molar-refractivity contribution in [2.24, 2.45) is 0 Å². The zero-order chi connectivity index (χ0) is 27.9. The predicted octanol–water partition coefficient (Wildman–Crippen LogP) is 3.62. The fourth-order valence-electron chi connectivity index (χ4n) is 3.28. The Kier molecular flexibility index (Phi) is 9.82. The van der Waals surface area contributed by atoms with Gasteiger partial charge in [-0.3, -0.25) is 9.59 Å². The van der Waals surface area contributed by atoms with Crippen molar-refractivity contribution in [3.63, 3.8) is 0 Å². The number of aliphatic hydroxyl groups is 2. The van der Waals surface area contributed by atoms with Crippen molar-refractivity contribution in [2.45, 2.75) is 58.2 Å². The molecular weight excluding hydrogens is 476 g/mol. The molecule has 2 N–H and O–H groups in total. The smallest absolute Gasteiger partial charge is 0.340 e. The van der Waals surface area contributed by atoms with Crippen molar-refractivity contribution in [1.82, 2.24) is 0 Å². The van der Waals surface area contributed by atoms with Gasteiger partial charge in [0.1, 0.15) is 11.5 Å². The van der Waals surface area contributed by atoms with Gasteiger partial charge >= 0.3 is 11.9 Å². The zero-order valence-corrected chi connectivity index (χ0v) is 21.4. The summed E-state index contributed by atoms with van der Waals surface area (Å²) in [6.07, 6.45) is -3.95. The topological polar surface area (TPSA) is 127 Å². The molecule has 0 aliphatic carbocycles. The predicted molar refractivity (Wildman–Crippen MR) is 137 cm³/mol. The number of carbonyl (C=O) groups excluding carboxylic acids is 4. The van der Waals surface area contributed by atoms with Crippen molar-refractivity contribution < 1.29 is 38.9 Å². The van der Waals surface area contributed by atoms with Crippen molar-refractivity contribution in [3.8, 4) is 11.5 Å². The van der Waals surface area contributed by atoms with Crippen molar-refractivity contribution in [2.75, 3.05) is 0 Å². The average molecular weight is 509 g/mol. The summed E-state index contributed by atoms with van der Waals surface area (Å²) in [7, 11) is 0. The third-order valence-electron chi connectivity index (χ3n) is 5.84. The number of hydrogen-bond acceptors (Lipinski definition) is 8. The molecule has 2 aromatic carbocycles. The molecule has 0 saturated carbocycles. The van der Waals surface area contributed by atoms with Gasteiger partial charge in [0, 0.05) is 18.3 Å². The minimum atomic E-state index is -1.58. The highest BCUT2D eigenvalue weighted by Gasteiger charge is 2.26. The number of esters is 2. The van der Waals surface area contributed by atoms with Crippen LogP contribution in [0.25, 0.3) is 0 Å². The highest BCUT2D eigenvalue weighted by atomic mass is 16.6. The molecule has 8 heteroatoms. The van der Waals surface area contributed by atoms with E-state index >= 15 is 0 Å². The molecule has 0 fully saturated rings. The lowest BCUT2D eigenvalue weighted by atomic mass is 9.78. The molecular formula is C29H32O8. The summed E-state index contributed by atoms with van der Waals surface area (Å²) in [6.45, 7) is 13.9. The molecule has 0 bridgehead atoms. The van der Waals surface area contributed by atoms with Crippen LogP contribution in [-0.2, 0) is 24.6 Å². The number of rotatable bonds is 12. The van der Waals surface area contributed by atoms with Crippen LogP contribution < -0.4 is 9.47 Å². The van der Waals surface area contributed by atoms with Gasteiger partial charge in [-0.25, -0.2) is 9.59 Å². The minimum absolute atomic E-state index is 0.220. The van der Waals surface area contributed by atoms with E-state index in [1.165, 1.54) is 13.8 Å². The fraction of sp³-hybridized carbons (Fsp3) is 0.310. The van der Waals surface area contributed by atoms with Crippen molar-refractivity contribution >= 4 is 23.5 Å². The van der Waals surface area contributed by atoms with Crippen LogP contribution in [-0.4, -0.2) is 45.9 Å². The highest BCUT2D eigenvalue weighted by Crippen LogP contribution is 2.33. The van der Waals surface area contributed by atoms with Crippen molar-refractivity contribution in [1.29, 1.82) is 0 Å². The maximum absolute atomic E-state index is 12.1. The molecule has 0 aliphatic heterocycles. The highest BCUT2D eigenvalue weighted by molar-refractivity contribution is 5.97. The molecule has 37 heavy (non-hydrogen) atoms. The number of aliphatic hydroxyl groups excluding tert-OH is 2. The second kappa shape index (κ2) is 12.4. The first-order valence-corrected chi connectivity index (χ1v) is 11.6. The number of ketones is 2. The Balaban J connectivity index is 2.04. The summed E-state index contributed by atoms with van der Waals surface area (Å²) in [5.74, 6) is -2.26. The number of allylic oxidation sites excluding steroid dienone is 2. The van der Waals surface area contributed by atoms with Gasteiger partial charge in [0.2, 0.25) is 0 Å². The van der Waals surface area contributed by atoms with Gasteiger partial charge in [-0.05, 0) is 60.4 Å². The Morgan fingerprint density at radius 1 is 0.703 bits per heavy atom. The summed E-state index contributed by atoms with van der Waals surface area (Å²) in [5.41, 5.74) is 1.80. The average Bonchev–Trinajstić information content (AvgIpc) is 2.84. The van der Waals surface area contributed by atoms with Crippen LogP contribution in [0.1, 0.15) is 51.7 Å². The number of benzene rings is 2. The fourth-order valence-corrected chi connectivity index (χ4v) is 3.28. The zero-order valence-electron chi connectivity index (χ0n) is 21.4. The van der Waals surface area contributed by atoms with Crippen LogP contribution in [0.2, 0.25) is 0 Å². The third kappa shape index (κ3) is 8.06. The minimum Gasteiger partial charge on any atom is -0.425 e. The Bertz CT molecular complexity index is 1100. The molecule has 0 aromatic heterocycles. The molecule has 2 aromatic rings. The number of hydrogen-bond donors (Lipinski definition) is 2. The number of Topliss-reactive ketones (excluding diaryl/α,β-unsaturated/α-hetero) is 2. The molecule has 2 atom stereocenters. The Labute approximate surface area is 216 Å². The van der Waals surface area contributed by atoms with Crippen LogP contribution >= 0.6 is 0 Å². The van der Waals surface area contributed by atoms with E-state index in [9.17, 15) is 29.4 Å². The van der Waals surface area contributed by atoms with Crippen LogP contribution in [0.4, 0.5) is 0 Å². The van der Waals surface area contributed by atoms with Gasteiger partial charge in [-0.2, -0.15) is 0 Å². The van der Waals surface area contributed by atoms with E-state index in [2.05, 4.69) is 13.2 Å². The maximum atomic E-state index is 12.1. The molecule has 2 unspecified atom stereocenters. The first-order valence-electron chi connectivity index (χ1n) is 11.6. The van der Waals surface area contributed by atoms with Crippen LogP contribution in [0, 0.1) is 0 Å². The SMILES string of the molecule is C=C(C)C(=O)CC(O)C(=O)Oc1ccc(C(C)(C)c2ccc(OC(=O)C(O)CC(=O)C(=C)C)cc2)cc1. The largest absolute Gasteiger partial charge is 0.425 e. The molecule has 2 rings (SSSR count). The molecule has 0 saturated heterocycles. The molecule has 0 radical (unpaired) electrons. The number of carbonyl (C=O) groups is 4. The van der Waals surface area contributed by atoms with E-state index in [-0.39, 0.29) is 22.6 Å². The van der Waals surface area contributed by atoms with E-state index in [1.807, 2.05) is 13.8 Å². The van der Waals surface area contributed by atoms with Gasteiger partial charge in [-0.15, -0.1) is 0 Å². The van der Waals surface area contributed by atoms with E-state index in [0.717, 1.165) is 11.1 Å². The van der Waals surface area contributed by atoms with Gasteiger partial charge in [0.25, 0.3) is 0 Å². The summed E-state index contributed by atoms with van der Waals surface area (Å²) in [4.78, 5) is 47.5. The monoisotopic (exact) mass is 508 g/mol. The van der Waals surface area contributed by atoms with Gasteiger partial charge in [0.05, 0.1) is 0 Å². The summed E-state index contributed by atoms with van der Waals surface area (Å²) in [5, 5.41) is 19.8. The molecule has 0 spiro atoms. The third-order valence-corrected chi connectivity index (χ3v) is 5.84. The molecule has 0 aliphatic rings. The summed E-state index contributed by atoms with van der Waals surface area (Å²) in [6, 6.07) is 13.5. The lowest BCUT2D eigenvalue weighted by molar-refractivity contribution is -0.146. The quantitative estimate of drug-likeness (QED) is 0.253. The molecule has 0 amide bonds. The maximum Gasteiger partial charge on any atom is 0.340 e. The van der Waals surface area contributed by atoms with Crippen LogP contribution in [0.15, 0.2) is 72.8 Å². The Morgan fingerprint density at radius 3 is 1.27 bits per heavy atom.